The molecule has 4 heterocycles. The van der Waals surface area contributed by atoms with Gasteiger partial charge in [0.15, 0.2) is 11.5 Å². The molecule has 4 aromatic rings. The fourth-order valence-electron chi connectivity index (χ4n) is 9.42. The molecule has 2 aromatic carbocycles. The summed E-state index contributed by atoms with van der Waals surface area (Å²) in [6.45, 7) is 3.79. The Balaban J connectivity index is 1.23. The molecular weight excluding hydrogens is 847 g/mol. The van der Waals surface area contributed by atoms with Gasteiger partial charge in [-0.05, 0) is 108 Å². The zero-order valence-electron chi connectivity index (χ0n) is 29.8. The Kier molecular flexibility index (Phi) is 8.96. The molecule has 1 saturated carbocycles. The minimum atomic E-state index is -1.32. The molecule has 0 spiro atoms. The first-order chi connectivity index (χ1) is 25.7. The van der Waals surface area contributed by atoms with Gasteiger partial charge in [0.25, 0.3) is 0 Å². The molecule has 0 bridgehead atoms. The van der Waals surface area contributed by atoms with Crippen LogP contribution in [0.15, 0.2) is 48.0 Å². The molecular formula is C39H36ClIN4O8S. The van der Waals surface area contributed by atoms with Crippen LogP contribution in [0.25, 0.3) is 20.7 Å². The molecule has 2 saturated heterocycles. The number of aromatic nitrogens is 2. The lowest BCUT2D eigenvalue weighted by Crippen LogP contribution is -2.49. The molecule has 8 rings (SSSR count). The molecule has 4 aliphatic rings. The fourth-order valence-corrected chi connectivity index (χ4v) is 11.4. The zero-order chi connectivity index (χ0) is 38.5. The average Bonchev–Trinajstić information content (AvgIpc) is 3.80. The van der Waals surface area contributed by atoms with E-state index in [2.05, 4.69) is 0 Å². The highest BCUT2D eigenvalue weighted by molar-refractivity contribution is 14.1. The molecule has 4 amide bonds. The molecule has 6 atom stereocenters. The lowest BCUT2D eigenvalue weighted by atomic mass is 9.51. The van der Waals surface area contributed by atoms with Crippen LogP contribution in [-0.4, -0.2) is 68.1 Å². The van der Waals surface area contributed by atoms with E-state index in [1.54, 1.807) is 48.2 Å². The number of carbonyl (C=O) groups is 5. The SMILES string of the molecule is COc1cc([C@H]2C3=CC[C@@H]4C(=O)N(CCCC(=O)O)C(=O)[C@@H]4[C@@H]3C[C@H]3C(=O)N(c4cc(-c5sc6ccc(Cl)cc6c5C)nn4C)C(=O)[C@@]23C)cc(I)c1O. The van der Waals surface area contributed by atoms with E-state index in [4.69, 9.17) is 21.4 Å². The summed E-state index contributed by atoms with van der Waals surface area (Å²) in [7, 11) is 3.14. The molecule has 15 heteroatoms. The van der Waals surface area contributed by atoms with Gasteiger partial charge in [0, 0.05) is 41.7 Å². The number of hydrogen-bond acceptors (Lipinski definition) is 9. The highest BCUT2D eigenvalue weighted by Crippen LogP contribution is 2.64. The molecule has 12 nitrogen and oxygen atoms in total. The first-order valence-corrected chi connectivity index (χ1v) is 19.9. The second-order valence-electron chi connectivity index (χ2n) is 14.7. The van der Waals surface area contributed by atoms with Gasteiger partial charge >= 0.3 is 5.97 Å². The Morgan fingerprint density at radius 1 is 1.11 bits per heavy atom. The first kappa shape index (κ1) is 36.7. The third-order valence-corrected chi connectivity index (χ3v) is 14.3. The Labute approximate surface area is 332 Å². The maximum absolute atomic E-state index is 15.1. The predicted octanol–water partition coefficient (Wildman–Crippen LogP) is 6.68. The Morgan fingerprint density at radius 2 is 1.87 bits per heavy atom. The van der Waals surface area contributed by atoms with E-state index < -0.39 is 52.8 Å². The quantitative estimate of drug-likeness (QED) is 0.112. The van der Waals surface area contributed by atoms with E-state index in [9.17, 15) is 29.4 Å². The molecule has 2 aliphatic carbocycles. The summed E-state index contributed by atoms with van der Waals surface area (Å²) >= 11 is 9.86. The van der Waals surface area contributed by atoms with Crippen molar-refractivity contribution < 1.29 is 38.9 Å². The van der Waals surface area contributed by atoms with E-state index >= 15 is 4.79 Å². The van der Waals surface area contributed by atoms with Crippen LogP contribution < -0.4 is 9.64 Å². The van der Waals surface area contributed by atoms with Gasteiger partial charge in [0.05, 0.1) is 38.7 Å². The van der Waals surface area contributed by atoms with Crippen molar-refractivity contribution in [3.63, 3.8) is 0 Å². The number of nitrogens with zero attached hydrogens (tertiary/aromatic N) is 4. The molecule has 2 N–H and O–H groups in total. The van der Waals surface area contributed by atoms with Crippen molar-refractivity contribution >= 4 is 91.0 Å². The number of phenols is 1. The first-order valence-electron chi connectivity index (χ1n) is 17.6. The van der Waals surface area contributed by atoms with E-state index in [-0.39, 0.29) is 55.5 Å². The second kappa shape index (κ2) is 13.2. The van der Waals surface area contributed by atoms with Crippen molar-refractivity contribution in [3.05, 3.63) is 67.8 Å². The Bertz CT molecular complexity index is 2370. The van der Waals surface area contributed by atoms with E-state index in [1.165, 1.54) is 16.9 Å². The minimum Gasteiger partial charge on any atom is -0.504 e. The van der Waals surface area contributed by atoms with Gasteiger partial charge in [-0.3, -0.25) is 33.6 Å². The van der Waals surface area contributed by atoms with Crippen molar-refractivity contribution in [2.75, 3.05) is 18.6 Å². The topological polar surface area (TPSA) is 159 Å². The molecule has 280 valence electrons. The summed E-state index contributed by atoms with van der Waals surface area (Å²) < 4.78 is 8.60. The lowest BCUT2D eigenvalue weighted by Gasteiger charge is -2.49. The number of thiophene rings is 1. The number of methoxy groups -OCH3 is 1. The molecule has 0 unspecified atom stereocenters. The minimum absolute atomic E-state index is 0.00270. The Hall–Kier alpha value is -4.28. The van der Waals surface area contributed by atoms with Gasteiger partial charge in [0.1, 0.15) is 11.5 Å². The molecule has 3 fully saturated rings. The van der Waals surface area contributed by atoms with E-state index in [0.717, 1.165) is 26.1 Å². The number of fused-ring (bicyclic) bond motifs is 5. The number of ether oxygens (including phenoxy) is 1. The van der Waals surface area contributed by atoms with Crippen LogP contribution in [0.3, 0.4) is 0 Å². The third-order valence-electron chi connectivity index (χ3n) is 12.0. The van der Waals surface area contributed by atoms with Crippen molar-refractivity contribution in [3.8, 4) is 22.1 Å². The third kappa shape index (κ3) is 5.34. The van der Waals surface area contributed by atoms with Gasteiger partial charge in [-0.25, -0.2) is 4.90 Å². The molecule has 2 aliphatic heterocycles. The van der Waals surface area contributed by atoms with Gasteiger partial charge in [0.2, 0.25) is 23.6 Å². The van der Waals surface area contributed by atoms with Crippen molar-refractivity contribution in [2.45, 2.75) is 45.4 Å². The number of allylic oxidation sites excluding steroid dienone is 2. The van der Waals surface area contributed by atoms with Gasteiger partial charge in [-0.15, -0.1) is 11.3 Å². The van der Waals surface area contributed by atoms with Crippen LogP contribution in [0.4, 0.5) is 5.82 Å². The number of aliphatic carboxylic acids is 1. The van der Waals surface area contributed by atoms with Gasteiger partial charge in [-0.1, -0.05) is 23.3 Å². The monoisotopic (exact) mass is 882 g/mol. The summed E-state index contributed by atoms with van der Waals surface area (Å²) in [5.74, 6) is -5.65. The van der Waals surface area contributed by atoms with E-state index in [0.29, 0.717) is 25.7 Å². The number of carboxylic acid groups (broad SMARTS) is 1. The second-order valence-corrected chi connectivity index (χ2v) is 17.4. The summed E-state index contributed by atoms with van der Waals surface area (Å²) in [5, 5.41) is 26.4. The summed E-state index contributed by atoms with van der Waals surface area (Å²) in [6, 6.07) is 10.9. The normalized spacial score (nSPS) is 26.3. The number of aromatic hydroxyl groups is 1. The predicted molar refractivity (Wildman–Crippen MR) is 209 cm³/mol. The molecule has 54 heavy (non-hydrogen) atoms. The zero-order valence-corrected chi connectivity index (χ0v) is 33.5. The molecule has 0 radical (unpaired) electrons. The van der Waals surface area contributed by atoms with Crippen LogP contribution in [0.1, 0.15) is 49.7 Å². The van der Waals surface area contributed by atoms with Gasteiger partial charge < -0.3 is 14.9 Å². The van der Waals surface area contributed by atoms with E-state index in [1.807, 2.05) is 53.8 Å². The number of amides is 4. The smallest absolute Gasteiger partial charge is 0.303 e. The number of phenolic OH excluding ortho intramolecular Hbond substituents is 1. The highest BCUT2D eigenvalue weighted by atomic mass is 127. The number of rotatable bonds is 8. The number of imide groups is 2. The van der Waals surface area contributed by atoms with Crippen molar-refractivity contribution in [2.24, 2.45) is 36.1 Å². The van der Waals surface area contributed by atoms with Crippen LogP contribution >= 0.6 is 45.5 Å². The number of carbonyl (C=O) groups excluding carboxylic acids is 4. The summed E-state index contributed by atoms with van der Waals surface area (Å²) in [4.78, 5) is 72.3. The number of aryl methyl sites for hydroxylation is 2. The van der Waals surface area contributed by atoms with Crippen LogP contribution in [0.2, 0.25) is 5.02 Å². The number of halogens is 2. The average molecular weight is 883 g/mol. The van der Waals surface area contributed by atoms with Gasteiger partial charge in [-0.2, -0.15) is 5.10 Å². The number of benzene rings is 2. The maximum atomic E-state index is 15.1. The standard InChI is InChI=1S/C39H36ClIN4O8S/c1-17-22-14-19(40)7-10-28(22)54-34(17)26-16-29(43(3)42-26)45-36(50)24-15-23-20(8-9-21-31(23)37(51)44(35(21)49)11-5-6-30(46)47)32(39(24,2)38(45)52)18-12-25(41)33(48)27(13-18)53-4/h7-8,10,12-14,16,21,23-24,31-32,48H,5-6,9,11,15H2,1-4H3,(H,46,47)/t21-,23+,24-,31-,32-,39+/m0/s1. The number of likely N-dealkylation sites (tertiary alicyclic amines) is 1. The molecule has 2 aromatic heterocycles. The number of carboxylic acids is 1. The maximum Gasteiger partial charge on any atom is 0.303 e. The highest BCUT2D eigenvalue weighted by Gasteiger charge is 2.68. The summed E-state index contributed by atoms with van der Waals surface area (Å²) in [5.41, 5.74) is 1.70. The van der Waals surface area contributed by atoms with Crippen LogP contribution in [0, 0.1) is 39.6 Å². The lowest BCUT2D eigenvalue weighted by molar-refractivity contribution is -0.142. The van der Waals surface area contributed by atoms with Crippen molar-refractivity contribution in [1.82, 2.24) is 14.7 Å². The number of anilines is 1. The summed E-state index contributed by atoms with van der Waals surface area (Å²) in [6.07, 6.45) is 2.33. The van der Waals surface area contributed by atoms with Crippen molar-refractivity contribution in [1.29, 1.82) is 0 Å². The number of hydrogen-bond donors (Lipinski definition) is 2. The van der Waals surface area contributed by atoms with Crippen LogP contribution in [-0.2, 0) is 31.0 Å². The van der Waals surface area contributed by atoms with Crippen LogP contribution in [0.5, 0.6) is 11.5 Å². The Morgan fingerprint density at radius 3 is 2.59 bits per heavy atom. The largest absolute Gasteiger partial charge is 0.504 e. The fraction of sp³-hybridized carbons (Fsp3) is 0.385.